The standard InChI is InChI=1S/C4H11NOS/c1-5(2)3-4-7-6/h6H,3-4H2,1-2H3. The molecule has 0 aliphatic rings. The second-order valence-electron chi connectivity index (χ2n) is 1.64. The summed E-state index contributed by atoms with van der Waals surface area (Å²) in [6.45, 7) is 0.946. The molecule has 0 radical (unpaired) electrons. The van der Waals surface area contributed by atoms with Gasteiger partial charge >= 0.3 is 0 Å². The van der Waals surface area contributed by atoms with Gasteiger partial charge in [-0.15, -0.1) is 0 Å². The summed E-state index contributed by atoms with van der Waals surface area (Å²) < 4.78 is 8.21. The van der Waals surface area contributed by atoms with Gasteiger partial charge in [-0.3, -0.25) is 0 Å². The Bertz CT molecular complexity index is 40.7. The van der Waals surface area contributed by atoms with Crippen molar-refractivity contribution in [3.8, 4) is 0 Å². The topological polar surface area (TPSA) is 23.5 Å². The molecule has 44 valence electrons. The molecule has 0 unspecified atom stereocenters. The van der Waals surface area contributed by atoms with Crippen LogP contribution in [-0.2, 0) is 0 Å². The molecule has 0 aliphatic carbocycles. The summed E-state index contributed by atoms with van der Waals surface area (Å²) in [7, 11) is 3.96. The number of hydrogen-bond donors (Lipinski definition) is 1. The fourth-order valence-corrected chi connectivity index (χ4v) is 0.670. The molecule has 0 aromatic heterocycles. The number of rotatable bonds is 3. The van der Waals surface area contributed by atoms with E-state index >= 15 is 0 Å². The van der Waals surface area contributed by atoms with E-state index in [-0.39, 0.29) is 0 Å². The van der Waals surface area contributed by atoms with Gasteiger partial charge in [-0.05, 0) is 26.1 Å². The monoisotopic (exact) mass is 121 g/mol. The third-order valence-electron chi connectivity index (χ3n) is 0.630. The maximum absolute atomic E-state index is 8.21. The van der Waals surface area contributed by atoms with Crippen molar-refractivity contribution in [1.82, 2.24) is 4.90 Å². The third-order valence-corrected chi connectivity index (χ3v) is 0.995. The Morgan fingerprint density at radius 3 is 2.29 bits per heavy atom. The molecule has 0 fully saturated rings. The lowest BCUT2D eigenvalue weighted by molar-refractivity contribution is 0.435. The molecule has 0 heterocycles. The SMILES string of the molecule is CN(C)CCSO. The normalized spacial score (nSPS) is 10.3. The molecular weight excluding hydrogens is 110 g/mol. The maximum Gasteiger partial charge on any atom is 0.0322 e. The Morgan fingerprint density at radius 1 is 1.57 bits per heavy atom. The third kappa shape index (κ3) is 6.27. The van der Waals surface area contributed by atoms with Gasteiger partial charge in [0.2, 0.25) is 0 Å². The summed E-state index contributed by atoms with van der Waals surface area (Å²) in [5.74, 6) is 0.799. The summed E-state index contributed by atoms with van der Waals surface area (Å²) in [6.07, 6.45) is 0. The summed E-state index contributed by atoms with van der Waals surface area (Å²) in [6, 6.07) is 0. The van der Waals surface area contributed by atoms with E-state index in [0.717, 1.165) is 24.3 Å². The highest BCUT2D eigenvalue weighted by molar-refractivity contribution is 7.93. The molecule has 0 amide bonds. The smallest absolute Gasteiger partial charge is 0.0322 e. The number of nitrogens with zero attached hydrogens (tertiary/aromatic N) is 1. The molecular formula is C4H11NOS. The van der Waals surface area contributed by atoms with Crippen LogP contribution in [0.2, 0.25) is 0 Å². The number of hydrogen-bond acceptors (Lipinski definition) is 3. The van der Waals surface area contributed by atoms with Crippen LogP contribution in [-0.4, -0.2) is 35.8 Å². The Labute approximate surface area is 48.7 Å². The Kier molecular flexibility index (Phi) is 4.60. The zero-order valence-electron chi connectivity index (χ0n) is 4.72. The van der Waals surface area contributed by atoms with Crippen LogP contribution in [0.15, 0.2) is 0 Å². The highest BCUT2D eigenvalue weighted by atomic mass is 32.2. The van der Waals surface area contributed by atoms with E-state index in [2.05, 4.69) is 0 Å². The molecule has 0 bridgehead atoms. The molecule has 3 heteroatoms. The highest BCUT2D eigenvalue weighted by Crippen LogP contribution is 1.88. The van der Waals surface area contributed by atoms with Crippen molar-refractivity contribution in [2.24, 2.45) is 0 Å². The first-order valence-electron chi connectivity index (χ1n) is 2.18. The first-order chi connectivity index (χ1) is 3.27. The van der Waals surface area contributed by atoms with Gasteiger partial charge in [0.15, 0.2) is 0 Å². The summed E-state index contributed by atoms with van der Waals surface area (Å²) in [5.41, 5.74) is 0. The molecule has 1 N–H and O–H groups in total. The molecule has 7 heavy (non-hydrogen) atoms. The van der Waals surface area contributed by atoms with Crippen molar-refractivity contribution in [3.63, 3.8) is 0 Å². The van der Waals surface area contributed by atoms with E-state index in [1.807, 2.05) is 19.0 Å². The predicted molar refractivity (Wildman–Crippen MR) is 33.6 cm³/mol. The first kappa shape index (κ1) is 7.27. The van der Waals surface area contributed by atoms with E-state index in [9.17, 15) is 0 Å². The van der Waals surface area contributed by atoms with Gasteiger partial charge in [-0.25, -0.2) is 0 Å². The molecule has 0 aromatic carbocycles. The van der Waals surface area contributed by atoms with Crippen molar-refractivity contribution < 1.29 is 4.55 Å². The fourth-order valence-electron chi connectivity index (χ4n) is 0.223. The van der Waals surface area contributed by atoms with E-state index in [1.165, 1.54) is 0 Å². The predicted octanol–water partition coefficient (Wildman–Crippen LogP) is 0.754. The van der Waals surface area contributed by atoms with Crippen LogP contribution in [0.4, 0.5) is 0 Å². The second kappa shape index (κ2) is 4.43. The first-order valence-corrected chi connectivity index (χ1v) is 3.12. The van der Waals surface area contributed by atoms with Crippen molar-refractivity contribution in [2.75, 3.05) is 26.4 Å². The van der Waals surface area contributed by atoms with Crippen LogP contribution in [0.1, 0.15) is 0 Å². The van der Waals surface area contributed by atoms with Gasteiger partial charge in [0, 0.05) is 12.3 Å². The largest absolute Gasteiger partial charge is 0.330 e. The van der Waals surface area contributed by atoms with Crippen LogP contribution in [0, 0.1) is 0 Å². The molecule has 0 saturated carbocycles. The van der Waals surface area contributed by atoms with Gasteiger partial charge in [0.05, 0.1) is 0 Å². The Morgan fingerprint density at radius 2 is 2.14 bits per heavy atom. The molecule has 0 aromatic rings. The van der Waals surface area contributed by atoms with Crippen molar-refractivity contribution in [3.05, 3.63) is 0 Å². The van der Waals surface area contributed by atoms with Crippen LogP contribution in [0.3, 0.4) is 0 Å². The van der Waals surface area contributed by atoms with Gasteiger partial charge in [-0.2, -0.15) is 0 Å². The molecule has 0 saturated heterocycles. The van der Waals surface area contributed by atoms with Crippen LogP contribution >= 0.6 is 12.0 Å². The van der Waals surface area contributed by atoms with E-state index in [0.29, 0.717) is 0 Å². The molecule has 0 atom stereocenters. The molecule has 0 spiro atoms. The fraction of sp³-hybridized carbons (Fsp3) is 1.00. The minimum Gasteiger partial charge on any atom is -0.330 e. The quantitative estimate of drug-likeness (QED) is 0.557. The highest BCUT2D eigenvalue weighted by Gasteiger charge is 1.85. The van der Waals surface area contributed by atoms with Crippen molar-refractivity contribution >= 4 is 12.0 Å². The van der Waals surface area contributed by atoms with Gasteiger partial charge in [0.25, 0.3) is 0 Å². The zero-order valence-corrected chi connectivity index (χ0v) is 5.53. The summed E-state index contributed by atoms with van der Waals surface area (Å²) >= 11 is 0.888. The van der Waals surface area contributed by atoms with E-state index in [4.69, 9.17) is 4.55 Å². The lowest BCUT2D eigenvalue weighted by Crippen LogP contribution is -2.14. The van der Waals surface area contributed by atoms with Crippen LogP contribution in [0.25, 0.3) is 0 Å². The zero-order chi connectivity index (χ0) is 5.70. The van der Waals surface area contributed by atoms with Crippen LogP contribution in [0.5, 0.6) is 0 Å². The van der Waals surface area contributed by atoms with E-state index in [1.54, 1.807) is 0 Å². The summed E-state index contributed by atoms with van der Waals surface area (Å²) in [4.78, 5) is 2.03. The average Bonchev–Trinajstić information content (AvgIpc) is 1.61. The molecule has 0 rings (SSSR count). The second-order valence-corrected chi connectivity index (χ2v) is 2.30. The summed E-state index contributed by atoms with van der Waals surface area (Å²) in [5, 5.41) is 0. The van der Waals surface area contributed by atoms with Crippen molar-refractivity contribution in [2.45, 2.75) is 0 Å². The van der Waals surface area contributed by atoms with Crippen molar-refractivity contribution in [1.29, 1.82) is 0 Å². The lowest BCUT2D eigenvalue weighted by atomic mass is 10.7. The molecule has 0 aliphatic heterocycles. The Balaban J connectivity index is 2.68. The maximum atomic E-state index is 8.21. The minimum absolute atomic E-state index is 0.799. The van der Waals surface area contributed by atoms with Crippen LogP contribution < -0.4 is 0 Å². The lowest BCUT2D eigenvalue weighted by Gasteiger charge is -2.04. The van der Waals surface area contributed by atoms with Gasteiger partial charge in [-0.1, -0.05) is 0 Å². The Hall–Kier alpha value is 0.270. The molecule has 2 nitrogen and oxygen atoms in total. The average molecular weight is 121 g/mol. The van der Waals surface area contributed by atoms with E-state index < -0.39 is 0 Å². The van der Waals surface area contributed by atoms with Gasteiger partial charge in [0.1, 0.15) is 0 Å². The minimum atomic E-state index is 0.799. The van der Waals surface area contributed by atoms with Gasteiger partial charge < -0.3 is 9.45 Å².